The van der Waals surface area contributed by atoms with E-state index in [4.69, 9.17) is 14.2 Å². The van der Waals surface area contributed by atoms with Crippen LogP contribution in [0.25, 0.3) is 0 Å². The summed E-state index contributed by atoms with van der Waals surface area (Å²) in [4.78, 5) is 23.0. The van der Waals surface area contributed by atoms with Crippen molar-refractivity contribution < 1.29 is 37.4 Å². The van der Waals surface area contributed by atoms with Crippen molar-refractivity contribution in [1.82, 2.24) is 0 Å². The Morgan fingerprint density at radius 2 is 1.69 bits per heavy atom. The highest BCUT2D eigenvalue weighted by molar-refractivity contribution is 7.33. The third kappa shape index (κ3) is 9.98. The Hall–Kier alpha value is -1.08. The number of carbonyl (C=O) groups is 2. The molecule has 1 aliphatic rings. The lowest BCUT2D eigenvalue weighted by Crippen LogP contribution is -2.48. The van der Waals surface area contributed by atoms with Crippen molar-refractivity contribution >= 4 is 20.2 Å². The molecule has 0 aromatic rings. The van der Waals surface area contributed by atoms with Gasteiger partial charge in [-0.25, -0.2) is 4.79 Å². The van der Waals surface area contributed by atoms with Crippen LogP contribution in [0.1, 0.15) is 61.3 Å². The third-order valence-corrected chi connectivity index (χ3v) is 6.02. The minimum atomic E-state index is -1.83. The fraction of sp³-hybridized carbons (Fsp3) is 0.900. The predicted molar refractivity (Wildman–Crippen MR) is 109 cm³/mol. The summed E-state index contributed by atoms with van der Waals surface area (Å²) in [6, 6.07) is 0. The van der Waals surface area contributed by atoms with Crippen LogP contribution in [-0.4, -0.2) is 50.6 Å². The summed E-state index contributed by atoms with van der Waals surface area (Å²) < 4.78 is 35.7. The van der Waals surface area contributed by atoms with Gasteiger partial charge in [-0.1, -0.05) is 27.7 Å². The monoisotopic (exact) mass is 437 g/mol. The van der Waals surface area contributed by atoms with Crippen LogP contribution in [0, 0.1) is 17.8 Å². The molecule has 1 heterocycles. The summed E-state index contributed by atoms with van der Waals surface area (Å²) >= 11 is 0. The van der Waals surface area contributed by atoms with Crippen molar-refractivity contribution in [2.75, 3.05) is 20.3 Å². The Kier molecular flexibility index (Phi) is 14.3. The van der Waals surface area contributed by atoms with Crippen LogP contribution < -0.4 is 0 Å². The first kappa shape index (κ1) is 27.9. The lowest BCUT2D eigenvalue weighted by atomic mass is 9.77. The second-order valence-electron chi connectivity index (χ2n) is 7.16. The molecule has 0 aromatic carbocycles. The molecule has 6 atom stereocenters. The molecule has 1 fully saturated rings. The summed E-state index contributed by atoms with van der Waals surface area (Å²) in [6.45, 7) is 14.1. The Morgan fingerprint density at radius 3 is 2.10 bits per heavy atom. The molecule has 1 rings (SSSR count). The van der Waals surface area contributed by atoms with E-state index < -0.39 is 14.4 Å². The van der Waals surface area contributed by atoms with E-state index in [-0.39, 0.29) is 30.1 Å². The number of hydrogen-bond donors (Lipinski definition) is 0. The van der Waals surface area contributed by atoms with Gasteiger partial charge in [0.1, 0.15) is 19.3 Å². The lowest BCUT2D eigenvalue weighted by Gasteiger charge is -2.42. The lowest BCUT2D eigenvalue weighted by molar-refractivity contribution is -0.185. The molecule has 1 aliphatic heterocycles. The van der Waals surface area contributed by atoms with Crippen LogP contribution in [0.3, 0.4) is 0 Å². The highest BCUT2D eigenvalue weighted by Crippen LogP contribution is 2.36. The number of rotatable bonds is 9. The summed E-state index contributed by atoms with van der Waals surface area (Å²) in [7, 11) is -0.455. The van der Waals surface area contributed by atoms with Gasteiger partial charge >= 0.3 is 20.2 Å². The molecule has 1 saturated heterocycles. The average molecular weight is 437 g/mol. The maximum atomic E-state index is 11.8. The minimum Gasteiger partial charge on any atom is -0.467 e. The van der Waals surface area contributed by atoms with Crippen LogP contribution in [0.15, 0.2) is 0 Å². The van der Waals surface area contributed by atoms with Gasteiger partial charge in [-0.3, -0.25) is 4.79 Å². The zero-order chi connectivity index (χ0) is 22.6. The molecular formula is C20H38O8P+. The zero-order valence-electron chi connectivity index (χ0n) is 19.0. The number of carbonyl (C=O) groups excluding carboxylic acids is 2. The fourth-order valence-electron chi connectivity index (χ4n) is 3.37. The maximum absolute atomic E-state index is 11.8. The van der Waals surface area contributed by atoms with Crippen molar-refractivity contribution in [2.45, 2.75) is 79.6 Å². The highest BCUT2D eigenvalue weighted by Gasteiger charge is 2.42. The molecule has 0 saturated carbocycles. The normalized spacial score (nSPS) is 25.8. The van der Waals surface area contributed by atoms with Gasteiger partial charge < -0.3 is 14.2 Å². The number of esters is 2. The maximum Gasteiger partial charge on any atom is 0.697 e. The van der Waals surface area contributed by atoms with E-state index in [0.29, 0.717) is 31.5 Å². The zero-order valence-corrected chi connectivity index (χ0v) is 19.9. The van der Waals surface area contributed by atoms with Gasteiger partial charge in [0.15, 0.2) is 6.10 Å². The third-order valence-electron chi connectivity index (χ3n) is 5.08. The summed E-state index contributed by atoms with van der Waals surface area (Å²) in [5, 5.41) is 0. The second-order valence-corrected chi connectivity index (χ2v) is 8.12. The van der Waals surface area contributed by atoms with E-state index in [1.807, 2.05) is 13.8 Å². The van der Waals surface area contributed by atoms with Gasteiger partial charge in [-0.15, -0.1) is 9.05 Å². The number of methoxy groups -OCH3 is 1. The predicted octanol–water partition coefficient (Wildman–Crippen LogP) is 4.28. The van der Waals surface area contributed by atoms with Gasteiger partial charge in [0.05, 0.1) is 13.2 Å². The molecule has 0 aliphatic carbocycles. The van der Waals surface area contributed by atoms with Gasteiger partial charge in [-0.05, 0) is 38.5 Å². The molecule has 8 nitrogen and oxygen atoms in total. The quantitative estimate of drug-likeness (QED) is 0.389. The highest BCUT2D eigenvalue weighted by atomic mass is 31.1. The van der Waals surface area contributed by atoms with Crippen molar-refractivity contribution in [3.05, 3.63) is 0 Å². The van der Waals surface area contributed by atoms with E-state index in [9.17, 15) is 14.2 Å². The van der Waals surface area contributed by atoms with E-state index in [2.05, 4.69) is 22.9 Å². The molecule has 0 spiro atoms. The van der Waals surface area contributed by atoms with Crippen molar-refractivity contribution in [3.63, 3.8) is 0 Å². The van der Waals surface area contributed by atoms with Crippen LogP contribution in [0.4, 0.5) is 0 Å². The molecule has 170 valence electrons. The van der Waals surface area contributed by atoms with Crippen LogP contribution >= 0.6 is 8.25 Å². The molecule has 0 aromatic heterocycles. The first-order chi connectivity index (χ1) is 13.6. The van der Waals surface area contributed by atoms with Crippen molar-refractivity contribution in [3.8, 4) is 0 Å². The Labute approximate surface area is 175 Å². The molecule has 0 N–H and O–H groups in total. The molecule has 0 radical (unpaired) electrons. The van der Waals surface area contributed by atoms with E-state index >= 15 is 0 Å². The Balaban J connectivity index is 0.000000828. The minimum absolute atomic E-state index is 0.0313. The standard InChI is InChI=1S/C16H28O5.C4H10O3P/c1-7-13(20-12(5)17)11(4)15-10(3)9(2)8-14(21-15)16(18)19-6;1-3-6-8(5)7-4-2/h9-11,13-15H,7-8H2,1-6H3;3-4H2,1-2H3/q;+1. The van der Waals surface area contributed by atoms with Gasteiger partial charge in [-0.2, -0.15) is 0 Å². The molecule has 0 amide bonds. The first-order valence-electron chi connectivity index (χ1n) is 10.3. The first-order valence-corrected chi connectivity index (χ1v) is 11.4. The van der Waals surface area contributed by atoms with Crippen LogP contribution in [-0.2, 0) is 37.4 Å². The smallest absolute Gasteiger partial charge is 0.467 e. The summed E-state index contributed by atoms with van der Waals surface area (Å²) in [5.74, 6) is 0.0701. The van der Waals surface area contributed by atoms with Gasteiger partial charge in [0, 0.05) is 17.4 Å². The van der Waals surface area contributed by atoms with Crippen LogP contribution in [0.5, 0.6) is 0 Å². The fourth-order valence-corrected chi connectivity index (χ4v) is 3.86. The molecular weight excluding hydrogens is 399 g/mol. The molecule has 0 bridgehead atoms. The number of hydrogen-bond acceptors (Lipinski definition) is 8. The van der Waals surface area contributed by atoms with Crippen molar-refractivity contribution in [1.29, 1.82) is 0 Å². The number of ether oxygens (including phenoxy) is 3. The topological polar surface area (TPSA) is 97.4 Å². The van der Waals surface area contributed by atoms with Gasteiger partial charge in [0.2, 0.25) is 0 Å². The van der Waals surface area contributed by atoms with Crippen molar-refractivity contribution in [2.24, 2.45) is 17.8 Å². The Bertz CT molecular complexity index is 505. The van der Waals surface area contributed by atoms with Gasteiger partial charge in [0.25, 0.3) is 0 Å². The Morgan fingerprint density at radius 1 is 1.14 bits per heavy atom. The molecule has 9 heteroatoms. The SMILES string of the molecule is CCC(OC(C)=O)C(C)C1OC(C(=O)OC)CC(C)C1C.CCO[P+](=O)OCC. The summed E-state index contributed by atoms with van der Waals surface area (Å²) in [5.41, 5.74) is 0. The molecule has 6 unspecified atom stereocenters. The van der Waals surface area contributed by atoms with E-state index in [0.717, 1.165) is 6.42 Å². The van der Waals surface area contributed by atoms with Crippen LogP contribution in [0.2, 0.25) is 0 Å². The van der Waals surface area contributed by atoms with E-state index in [1.54, 1.807) is 13.8 Å². The second kappa shape index (κ2) is 14.8. The largest absolute Gasteiger partial charge is 0.697 e. The average Bonchev–Trinajstić information content (AvgIpc) is 2.67. The molecule has 29 heavy (non-hydrogen) atoms. The van der Waals surface area contributed by atoms with E-state index in [1.165, 1.54) is 14.0 Å². The summed E-state index contributed by atoms with van der Waals surface area (Å²) in [6.07, 6.45) is 0.552.